The van der Waals surface area contributed by atoms with Crippen LogP contribution in [0, 0.1) is 5.92 Å². The highest BCUT2D eigenvalue weighted by molar-refractivity contribution is 7.91. The fraction of sp³-hybridized carbons (Fsp3) is 0.500. The molecule has 4 nitrogen and oxygen atoms in total. The third-order valence-electron chi connectivity index (χ3n) is 4.06. The first-order chi connectivity index (χ1) is 8.98. The maximum absolute atomic E-state index is 12.5. The highest BCUT2D eigenvalue weighted by atomic mass is 32.2. The Labute approximate surface area is 113 Å². The van der Waals surface area contributed by atoms with E-state index >= 15 is 0 Å². The molecule has 2 aliphatic rings. The second-order valence-electron chi connectivity index (χ2n) is 5.51. The number of fused-ring (bicyclic) bond motifs is 1. The van der Waals surface area contributed by atoms with E-state index in [-0.39, 0.29) is 23.3 Å². The summed E-state index contributed by atoms with van der Waals surface area (Å²) >= 11 is 0. The van der Waals surface area contributed by atoms with Gasteiger partial charge in [0.25, 0.3) is 0 Å². The number of rotatable bonds is 1. The maximum atomic E-state index is 12.5. The lowest BCUT2D eigenvalue weighted by Crippen LogP contribution is -2.35. The quantitative estimate of drug-likeness (QED) is 0.784. The van der Waals surface area contributed by atoms with Crippen LogP contribution in [-0.4, -0.2) is 32.4 Å². The van der Waals surface area contributed by atoms with Crippen LogP contribution in [0.1, 0.15) is 24.8 Å². The number of carbonyl (C=O) groups is 1. The Balaban J connectivity index is 1.87. The van der Waals surface area contributed by atoms with E-state index in [1.54, 1.807) is 4.90 Å². The molecule has 19 heavy (non-hydrogen) atoms. The zero-order valence-electron chi connectivity index (χ0n) is 10.9. The van der Waals surface area contributed by atoms with E-state index in [1.807, 2.05) is 24.3 Å². The first kappa shape index (κ1) is 12.7. The van der Waals surface area contributed by atoms with Crippen LogP contribution in [0.3, 0.4) is 0 Å². The van der Waals surface area contributed by atoms with E-state index in [2.05, 4.69) is 6.92 Å². The summed E-state index contributed by atoms with van der Waals surface area (Å²) in [6.45, 7) is 2.76. The van der Waals surface area contributed by atoms with Crippen molar-refractivity contribution in [2.45, 2.75) is 19.3 Å². The molecule has 0 spiro atoms. The molecule has 5 heteroatoms. The predicted octanol–water partition coefficient (Wildman–Crippen LogP) is 1.57. The summed E-state index contributed by atoms with van der Waals surface area (Å²) in [7, 11) is -3.01. The minimum absolute atomic E-state index is 0.0128. The summed E-state index contributed by atoms with van der Waals surface area (Å²) in [5.41, 5.74) is 2.13. The maximum Gasteiger partial charge on any atom is 0.231 e. The van der Waals surface area contributed by atoms with Crippen molar-refractivity contribution in [2.24, 2.45) is 5.92 Å². The Morgan fingerprint density at radius 1 is 1.32 bits per heavy atom. The van der Waals surface area contributed by atoms with Crippen molar-refractivity contribution in [2.75, 3.05) is 23.0 Å². The van der Waals surface area contributed by atoms with Crippen LogP contribution in [0.5, 0.6) is 0 Å². The topological polar surface area (TPSA) is 54.5 Å². The Kier molecular flexibility index (Phi) is 2.89. The van der Waals surface area contributed by atoms with Crippen molar-refractivity contribution in [1.29, 1.82) is 0 Å². The summed E-state index contributed by atoms with van der Waals surface area (Å²) in [6, 6.07) is 7.88. The lowest BCUT2D eigenvalue weighted by Gasteiger charge is -2.20. The first-order valence-electron chi connectivity index (χ1n) is 6.59. The molecule has 2 aliphatic heterocycles. The Morgan fingerprint density at radius 2 is 2.05 bits per heavy atom. The fourth-order valence-electron chi connectivity index (χ4n) is 3.04. The Morgan fingerprint density at radius 3 is 2.74 bits per heavy atom. The van der Waals surface area contributed by atoms with Gasteiger partial charge in [-0.25, -0.2) is 8.42 Å². The number of hydrogen-bond acceptors (Lipinski definition) is 3. The number of anilines is 1. The standard InChI is InChI=1S/C14H17NO3S/c1-10-8-15(13-5-3-2-4-12(10)13)14(16)11-6-7-19(17,18)9-11/h2-5,10-11H,6-9H2,1H3/t10-,11+/m0/s1. The summed E-state index contributed by atoms with van der Waals surface area (Å²) in [6.07, 6.45) is 0.466. The molecule has 1 amide bonds. The van der Waals surface area contributed by atoms with Crippen LogP contribution < -0.4 is 4.90 Å². The monoisotopic (exact) mass is 279 g/mol. The largest absolute Gasteiger partial charge is 0.311 e. The molecule has 0 N–H and O–H groups in total. The molecule has 1 saturated heterocycles. The van der Waals surface area contributed by atoms with Gasteiger partial charge in [0.1, 0.15) is 0 Å². The number of carbonyl (C=O) groups excluding carboxylic acids is 1. The van der Waals surface area contributed by atoms with Crippen LogP contribution in [0.25, 0.3) is 0 Å². The zero-order chi connectivity index (χ0) is 13.6. The molecular weight excluding hydrogens is 262 g/mol. The number of amides is 1. The molecule has 2 atom stereocenters. The SMILES string of the molecule is C[C@H]1CN(C(=O)[C@@H]2CCS(=O)(=O)C2)c2ccccc21. The minimum Gasteiger partial charge on any atom is -0.311 e. The fourth-order valence-corrected chi connectivity index (χ4v) is 4.77. The van der Waals surface area contributed by atoms with Gasteiger partial charge in [0.2, 0.25) is 5.91 Å². The molecule has 102 valence electrons. The Hall–Kier alpha value is -1.36. The third kappa shape index (κ3) is 2.16. The predicted molar refractivity (Wildman–Crippen MR) is 74.0 cm³/mol. The summed E-state index contributed by atoms with van der Waals surface area (Å²) < 4.78 is 23.0. The van der Waals surface area contributed by atoms with E-state index in [9.17, 15) is 13.2 Å². The van der Waals surface area contributed by atoms with Crippen LogP contribution in [0.2, 0.25) is 0 Å². The second kappa shape index (κ2) is 4.34. The van der Waals surface area contributed by atoms with Crippen LogP contribution in [0.4, 0.5) is 5.69 Å². The van der Waals surface area contributed by atoms with E-state index in [1.165, 1.54) is 5.56 Å². The highest BCUT2D eigenvalue weighted by Gasteiger charge is 2.38. The van der Waals surface area contributed by atoms with E-state index in [4.69, 9.17) is 0 Å². The number of sulfone groups is 1. The third-order valence-corrected chi connectivity index (χ3v) is 5.83. The molecule has 0 aromatic heterocycles. The Bertz CT molecular complexity index is 623. The van der Waals surface area contributed by atoms with Crippen molar-refractivity contribution in [3.63, 3.8) is 0 Å². The van der Waals surface area contributed by atoms with Crippen LogP contribution in [0.15, 0.2) is 24.3 Å². The lowest BCUT2D eigenvalue weighted by molar-refractivity contribution is -0.121. The molecule has 0 saturated carbocycles. The molecule has 1 aromatic carbocycles. The minimum atomic E-state index is -3.01. The van der Waals surface area contributed by atoms with Gasteiger partial charge < -0.3 is 4.90 Å². The van der Waals surface area contributed by atoms with E-state index in [0.29, 0.717) is 18.9 Å². The lowest BCUT2D eigenvalue weighted by atomic mass is 10.0. The van der Waals surface area contributed by atoms with Gasteiger partial charge in [0.15, 0.2) is 9.84 Å². The van der Waals surface area contributed by atoms with E-state index < -0.39 is 9.84 Å². The molecule has 0 radical (unpaired) electrons. The van der Waals surface area contributed by atoms with Gasteiger partial charge in [0.05, 0.1) is 17.4 Å². The molecular formula is C14H17NO3S. The average Bonchev–Trinajstić information content (AvgIpc) is 2.90. The van der Waals surface area contributed by atoms with E-state index in [0.717, 1.165) is 5.69 Å². The van der Waals surface area contributed by atoms with Crippen molar-refractivity contribution in [1.82, 2.24) is 0 Å². The van der Waals surface area contributed by atoms with Gasteiger partial charge in [-0.15, -0.1) is 0 Å². The molecule has 0 unspecified atom stereocenters. The van der Waals surface area contributed by atoms with Crippen molar-refractivity contribution >= 4 is 21.4 Å². The van der Waals surface area contributed by atoms with Crippen molar-refractivity contribution < 1.29 is 13.2 Å². The number of hydrogen-bond donors (Lipinski definition) is 0. The van der Waals surface area contributed by atoms with Gasteiger partial charge in [0, 0.05) is 18.2 Å². The number of nitrogens with zero attached hydrogens (tertiary/aromatic N) is 1. The van der Waals surface area contributed by atoms with Crippen LogP contribution in [-0.2, 0) is 14.6 Å². The molecule has 0 bridgehead atoms. The first-order valence-corrected chi connectivity index (χ1v) is 8.41. The van der Waals surface area contributed by atoms with Crippen molar-refractivity contribution in [3.8, 4) is 0 Å². The smallest absolute Gasteiger partial charge is 0.231 e. The van der Waals surface area contributed by atoms with Gasteiger partial charge in [-0.2, -0.15) is 0 Å². The summed E-state index contributed by atoms with van der Waals surface area (Å²) in [5, 5.41) is 0. The van der Waals surface area contributed by atoms with Crippen molar-refractivity contribution in [3.05, 3.63) is 29.8 Å². The highest BCUT2D eigenvalue weighted by Crippen LogP contribution is 2.37. The molecule has 1 aromatic rings. The number of para-hydroxylation sites is 1. The van der Waals surface area contributed by atoms with Gasteiger partial charge >= 0.3 is 0 Å². The molecule has 1 fully saturated rings. The normalized spacial score (nSPS) is 28.4. The molecule has 3 rings (SSSR count). The average molecular weight is 279 g/mol. The van der Waals surface area contributed by atoms with Gasteiger partial charge in [-0.05, 0) is 18.1 Å². The molecule has 2 heterocycles. The van der Waals surface area contributed by atoms with Gasteiger partial charge in [-0.1, -0.05) is 25.1 Å². The summed E-state index contributed by atoms with van der Waals surface area (Å²) in [5.74, 6) is 0.0900. The van der Waals surface area contributed by atoms with Gasteiger partial charge in [-0.3, -0.25) is 4.79 Å². The second-order valence-corrected chi connectivity index (χ2v) is 7.74. The number of benzene rings is 1. The van der Waals surface area contributed by atoms with Crippen LogP contribution >= 0.6 is 0 Å². The molecule has 0 aliphatic carbocycles. The zero-order valence-corrected chi connectivity index (χ0v) is 11.7. The summed E-state index contributed by atoms with van der Waals surface area (Å²) in [4.78, 5) is 14.3.